The molecule has 1 unspecified atom stereocenters. The summed E-state index contributed by atoms with van der Waals surface area (Å²) in [5.41, 5.74) is 2.09. The highest BCUT2D eigenvalue weighted by atomic mass is 16.5. The molecule has 1 aliphatic rings. The zero-order valence-corrected chi connectivity index (χ0v) is 14.5. The van der Waals surface area contributed by atoms with Gasteiger partial charge < -0.3 is 15.0 Å². The smallest absolute Gasteiger partial charge is 0.325 e. The summed E-state index contributed by atoms with van der Waals surface area (Å²) in [5, 5.41) is 2.58. The van der Waals surface area contributed by atoms with Crippen LogP contribution in [0.4, 0.5) is 0 Å². The molecule has 0 aromatic heterocycles. The molecule has 2 aromatic rings. The molecule has 1 aliphatic heterocycles. The van der Waals surface area contributed by atoms with Crippen LogP contribution >= 0.6 is 0 Å². The van der Waals surface area contributed by atoms with Crippen molar-refractivity contribution < 1.29 is 19.1 Å². The van der Waals surface area contributed by atoms with Crippen molar-refractivity contribution in [1.29, 1.82) is 0 Å². The second kappa shape index (κ2) is 7.82. The summed E-state index contributed by atoms with van der Waals surface area (Å²) in [5.74, 6) is -1.10. The summed E-state index contributed by atoms with van der Waals surface area (Å²) < 4.78 is 4.83. The van der Waals surface area contributed by atoms with Crippen LogP contribution in [0.2, 0.25) is 0 Å². The molecule has 134 valence electrons. The molecule has 6 heteroatoms. The molecule has 2 amide bonds. The van der Waals surface area contributed by atoms with Gasteiger partial charge >= 0.3 is 5.97 Å². The Morgan fingerprint density at radius 3 is 2.50 bits per heavy atom. The number of esters is 1. The quantitative estimate of drug-likeness (QED) is 0.808. The number of nitrogens with zero attached hydrogens (tertiary/aromatic N) is 1. The molecule has 0 saturated heterocycles. The van der Waals surface area contributed by atoms with Crippen LogP contribution in [-0.2, 0) is 20.9 Å². The van der Waals surface area contributed by atoms with Gasteiger partial charge in [0.05, 0.1) is 6.61 Å². The van der Waals surface area contributed by atoms with Gasteiger partial charge in [0.25, 0.3) is 5.91 Å². The number of nitrogens with one attached hydrogen (secondary N) is 1. The van der Waals surface area contributed by atoms with Crippen molar-refractivity contribution in [2.24, 2.45) is 0 Å². The number of benzene rings is 2. The second-order valence-corrected chi connectivity index (χ2v) is 5.93. The standard InChI is InChI=1S/C20H20N2O4/c1-2-26-17(23)12-21-19(24)18-15-10-6-7-11-16(15)20(25)22(18)13-14-8-4-3-5-9-14/h3-11,18H,2,12-13H2,1H3,(H,21,24). The Labute approximate surface area is 151 Å². The molecule has 3 rings (SSSR count). The molecule has 0 radical (unpaired) electrons. The van der Waals surface area contributed by atoms with Gasteiger partial charge in [0, 0.05) is 12.1 Å². The molecule has 1 N–H and O–H groups in total. The van der Waals surface area contributed by atoms with E-state index in [4.69, 9.17) is 4.74 Å². The molecule has 0 spiro atoms. The lowest BCUT2D eigenvalue weighted by molar-refractivity contribution is -0.143. The second-order valence-electron chi connectivity index (χ2n) is 5.93. The summed E-state index contributed by atoms with van der Waals surface area (Å²) in [7, 11) is 0. The van der Waals surface area contributed by atoms with E-state index in [2.05, 4.69) is 5.32 Å². The lowest BCUT2D eigenvalue weighted by atomic mass is 10.0. The predicted molar refractivity (Wildman–Crippen MR) is 95.1 cm³/mol. The van der Waals surface area contributed by atoms with E-state index in [1.807, 2.05) is 30.3 Å². The van der Waals surface area contributed by atoms with E-state index < -0.39 is 17.9 Å². The summed E-state index contributed by atoms with van der Waals surface area (Å²) in [6.45, 7) is 2.04. The number of ether oxygens (including phenoxy) is 1. The number of fused-ring (bicyclic) bond motifs is 1. The predicted octanol–water partition coefficient (Wildman–Crippen LogP) is 2.06. The van der Waals surface area contributed by atoms with Crippen LogP contribution in [0.15, 0.2) is 54.6 Å². The highest BCUT2D eigenvalue weighted by molar-refractivity contribution is 6.04. The number of carbonyl (C=O) groups is 3. The Morgan fingerprint density at radius 1 is 1.08 bits per heavy atom. The first kappa shape index (κ1) is 17.7. The lowest BCUT2D eigenvalue weighted by Gasteiger charge is -2.24. The van der Waals surface area contributed by atoms with Crippen LogP contribution in [0, 0.1) is 0 Å². The van der Waals surface area contributed by atoms with E-state index in [9.17, 15) is 14.4 Å². The molecule has 0 fully saturated rings. The van der Waals surface area contributed by atoms with E-state index in [1.54, 1.807) is 31.2 Å². The van der Waals surface area contributed by atoms with Crippen molar-refractivity contribution in [3.8, 4) is 0 Å². The zero-order chi connectivity index (χ0) is 18.5. The monoisotopic (exact) mass is 352 g/mol. The molecule has 0 bridgehead atoms. The van der Waals surface area contributed by atoms with Crippen molar-refractivity contribution in [3.63, 3.8) is 0 Å². The van der Waals surface area contributed by atoms with E-state index in [1.165, 1.54) is 4.90 Å². The van der Waals surface area contributed by atoms with Crippen LogP contribution in [0.1, 0.15) is 34.5 Å². The van der Waals surface area contributed by atoms with Gasteiger partial charge in [-0.15, -0.1) is 0 Å². The van der Waals surface area contributed by atoms with Gasteiger partial charge in [0.2, 0.25) is 5.91 Å². The van der Waals surface area contributed by atoms with Gasteiger partial charge in [-0.3, -0.25) is 14.4 Å². The van der Waals surface area contributed by atoms with Crippen molar-refractivity contribution in [2.75, 3.05) is 13.2 Å². The van der Waals surface area contributed by atoms with Gasteiger partial charge in [-0.05, 0) is 24.1 Å². The van der Waals surface area contributed by atoms with Gasteiger partial charge in [0.1, 0.15) is 12.6 Å². The van der Waals surface area contributed by atoms with E-state index in [0.717, 1.165) is 5.56 Å². The number of hydrogen-bond donors (Lipinski definition) is 1. The summed E-state index contributed by atoms with van der Waals surface area (Å²) >= 11 is 0. The van der Waals surface area contributed by atoms with Gasteiger partial charge in [0.15, 0.2) is 0 Å². The topological polar surface area (TPSA) is 75.7 Å². The summed E-state index contributed by atoms with van der Waals surface area (Å²) in [4.78, 5) is 38.6. The van der Waals surface area contributed by atoms with Crippen molar-refractivity contribution in [2.45, 2.75) is 19.5 Å². The summed E-state index contributed by atoms with van der Waals surface area (Å²) in [6.07, 6.45) is 0. The molecular weight excluding hydrogens is 332 g/mol. The highest BCUT2D eigenvalue weighted by Gasteiger charge is 2.40. The molecule has 0 saturated carbocycles. The maximum absolute atomic E-state index is 12.8. The Kier molecular flexibility index (Phi) is 5.31. The lowest BCUT2D eigenvalue weighted by Crippen LogP contribution is -2.40. The fourth-order valence-corrected chi connectivity index (χ4v) is 3.06. The average molecular weight is 352 g/mol. The van der Waals surface area contributed by atoms with Crippen molar-refractivity contribution in [3.05, 3.63) is 71.3 Å². The molecule has 26 heavy (non-hydrogen) atoms. The van der Waals surface area contributed by atoms with Crippen LogP contribution in [0.5, 0.6) is 0 Å². The fraction of sp³-hybridized carbons (Fsp3) is 0.250. The van der Waals surface area contributed by atoms with E-state index >= 15 is 0 Å². The molecule has 0 aliphatic carbocycles. The Balaban J connectivity index is 1.84. The Hall–Kier alpha value is -3.15. The summed E-state index contributed by atoms with van der Waals surface area (Å²) in [6, 6.07) is 15.8. The minimum atomic E-state index is -0.770. The first-order chi connectivity index (χ1) is 12.6. The number of amides is 2. The molecule has 6 nitrogen and oxygen atoms in total. The van der Waals surface area contributed by atoms with Crippen LogP contribution in [0.3, 0.4) is 0 Å². The van der Waals surface area contributed by atoms with E-state index in [0.29, 0.717) is 17.7 Å². The first-order valence-electron chi connectivity index (χ1n) is 8.49. The largest absolute Gasteiger partial charge is 0.465 e. The minimum Gasteiger partial charge on any atom is -0.465 e. The zero-order valence-electron chi connectivity index (χ0n) is 14.5. The number of carbonyl (C=O) groups excluding carboxylic acids is 3. The van der Waals surface area contributed by atoms with Crippen LogP contribution < -0.4 is 5.32 Å². The maximum atomic E-state index is 12.8. The third-order valence-corrected chi connectivity index (χ3v) is 4.21. The molecule has 1 heterocycles. The van der Waals surface area contributed by atoms with Crippen LogP contribution in [0.25, 0.3) is 0 Å². The van der Waals surface area contributed by atoms with Gasteiger partial charge in [-0.1, -0.05) is 48.5 Å². The molecule has 1 atom stereocenters. The third kappa shape index (κ3) is 3.59. The van der Waals surface area contributed by atoms with Crippen molar-refractivity contribution in [1.82, 2.24) is 10.2 Å². The Morgan fingerprint density at radius 2 is 1.77 bits per heavy atom. The average Bonchev–Trinajstić information content (AvgIpc) is 2.93. The van der Waals surface area contributed by atoms with E-state index in [-0.39, 0.29) is 19.1 Å². The highest BCUT2D eigenvalue weighted by Crippen LogP contribution is 2.34. The molecule has 2 aromatic carbocycles. The Bertz CT molecular complexity index is 820. The van der Waals surface area contributed by atoms with Crippen LogP contribution in [-0.4, -0.2) is 35.8 Å². The number of rotatable bonds is 6. The van der Waals surface area contributed by atoms with Gasteiger partial charge in [-0.2, -0.15) is 0 Å². The first-order valence-corrected chi connectivity index (χ1v) is 8.49. The maximum Gasteiger partial charge on any atom is 0.325 e. The minimum absolute atomic E-state index is 0.194. The SMILES string of the molecule is CCOC(=O)CNC(=O)C1c2ccccc2C(=O)N1Cc1ccccc1. The number of hydrogen-bond acceptors (Lipinski definition) is 4. The normalized spacial score (nSPS) is 15.5. The van der Waals surface area contributed by atoms with Gasteiger partial charge in [-0.25, -0.2) is 0 Å². The fourth-order valence-electron chi connectivity index (χ4n) is 3.06. The van der Waals surface area contributed by atoms with Crippen molar-refractivity contribution >= 4 is 17.8 Å². The molecular formula is C20H20N2O4. The third-order valence-electron chi connectivity index (χ3n) is 4.21.